The Hall–Kier alpha value is -4.99. The van der Waals surface area contributed by atoms with E-state index in [9.17, 15) is 5.26 Å². The van der Waals surface area contributed by atoms with Gasteiger partial charge in [-0.05, 0) is 44.3 Å². The van der Waals surface area contributed by atoms with E-state index in [0.717, 1.165) is 12.2 Å². The van der Waals surface area contributed by atoms with Crippen LogP contribution < -0.4 is 24.3 Å². The van der Waals surface area contributed by atoms with Gasteiger partial charge in [-0.3, -0.25) is 4.98 Å². The van der Waals surface area contributed by atoms with Crippen molar-refractivity contribution in [2.75, 3.05) is 47.9 Å². The Morgan fingerprint density at radius 1 is 0.872 bits per heavy atom. The number of ether oxygens (including phenoxy) is 4. The lowest BCUT2D eigenvalue weighted by Crippen LogP contribution is -2.12. The standard InChI is InChI=1S/C30H29N5O4/c1-35(2)18-22-9-7-8-21(33-22)11-10-19-12-25-24(15-26(19)36-3)29(20(16-31)17-32-25)34-23-13-27(37-4)30(39-6)28(14-23)38-5/h7-9,12-15,17H,18H2,1-6H3,(H,32,34). The third-order valence-electron chi connectivity index (χ3n) is 5.85. The fourth-order valence-electron chi connectivity index (χ4n) is 4.10. The molecule has 0 aliphatic heterocycles. The molecule has 0 spiro atoms. The number of nitriles is 1. The van der Waals surface area contributed by atoms with E-state index in [4.69, 9.17) is 18.9 Å². The zero-order valence-electron chi connectivity index (χ0n) is 22.7. The molecule has 2 aromatic heterocycles. The van der Waals surface area contributed by atoms with E-state index in [1.165, 1.54) is 6.20 Å². The van der Waals surface area contributed by atoms with Crippen LogP contribution in [-0.4, -0.2) is 57.4 Å². The summed E-state index contributed by atoms with van der Waals surface area (Å²) in [5.41, 5.74) is 4.45. The largest absolute Gasteiger partial charge is 0.495 e. The molecule has 1 N–H and O–H groups in total. The molecule has 0 saturated heterocycles. The predicted octanol–water partition coefficient (Wildman–Crippen LogP) is 4.74. The van der Waals surface area contributed by atoms with Crippen LogP contribution in [0.25, 0.3) is 10.9 Å². The Morgan fingerprint density at radius 3 is 2.21 bits per heavy atom. The lowest BCUT2D eigenvalue weighted by atomic mass is 10.1. The van der Waals surface area contributed by atoms with Crippen molar-refractivity contribution in [2.45, 2.75) is 6.54 Å². The quantitative estimate of drug-likeness (QED) is 0.328. The summed E-state index contributed by atoms with van der Waals surface area (Å²) in [6, 6.07) is 15.2. The number of nitrogens with one attached hydrogen (secondary N) is 1. The predicted molar refractivity (Wildman–Crippen MR) is 150 cm³/mol. The summed E-state index contributed by atoms with van der Waals surface area (Å²) < 4.78 is 22.1. The minimum Gasteiger partial charge on any atom is -0.495 e. The molecule has 0 bridgehead atoms. The van der Waals surface area contributed by atoms with Crippen LogP contribution in [-0.2, 0) is 6.54 Å². The van der Waals surface area contributed by atoms with Gasteiger partial charge >= 0.3 is 0 Å². The summed E-state index contributed by atoms with van der Waals surface area (Å²) in [4.78, 5) is 11.2. The van der Waals surface area contributed by atoms with Gasteiger partial charge in [0.15, 0.2) is 11.5 Å². The van der Waals surface area contributed by atoms with Crippen LogP contribution in [0, 0.1) is 23.2 Å². The van der Waals surface area contributed by atoms with Crippen molar-refractivity contribution in [3.63, 3.8) is 0 Å². The van der Waals surface area contributed by atoms with Crippen molar-refractivity contribution in [1.82, 2.24) is 14.9 Å². The van der Waals surface area contributed by atoms with Gasteiger partial charge in [-0.15, -0.1) is 0 Å². The molecule has 0 unspecified atom stereocenters. The first-order valence-corrected chi connectivity index (χ1v) is 12.0. The average molecular weight is 524 g/mol. The number of hydrogen-bond acceptors (Lipinski definition) is 9. The Balaban J connectivity index is 1.79. The van der Waals surface area contributed by atoms with Crippen molar-refractivity contribution >= 4 is 22.3 Å². The SMILES string of the molecule is COc1cc2c(Nc3cc(OC)c(OC)c(OC)c3)c(C#N)cnc2cc1C#Cc1cccc(CN(C)C)n1. The molecule has 4 rings (SSSR count). The summed E-state index contributed by atoms with van der Waals surface area (Å²) in [5.74, 6) is 8.28. The van der Waals surface area contributed by atoms with E-state index in [1.807, 2.05) is 44.4 Å². The smallest absolute Gasteiger partial charge is 0.203 e. The van der Waals surface area contributed by atoms with Crippen LogP contribution in [0.5, 0.6) is 23.0 Å². The highest BCUT2D eigenvalue weighted by molar-refractivity contribution is 5.97. The van der Waals surface area contributed by atoms with Crippen LogP contribution in [0.15, 0.2) is 48.7 Å². The number of pyridine rings is 2. The molecule has 0 radical (unpaired) electrons. The molecular formula is C30H29N5O4. The Morgan fingerprint density at radius 2 is 1.59 bits per heavy atom. The van der Waals surface area contributed by atoms with Gasteiger partial charge in [-0.1, -0.05) is 12.0 Å². The first-order valence-electron chi connectivity index (χ1n) is 12.0. The van der Waals surface area contributed by atoms with Gasteiger partial charge in [0.25, 0.3) is 0 Å². The number of aromatic nitrogens is 2. The third-order valence-corrected chi connectivity index (χ3v) is 5.85. The molecule has 0 aliphatic rings. The number of benzene rings is 2. The number of anilines is 2. The maximum absolute atomic E-state index is 9.85. The number of nitrogens with zero attached hydrogens (tertiary/aromatic N) is 4. The molecule has 2 aromatic carbocycles. The first kappa shape index (κ1) is 27.1. The van der Waals surface area contributed by atoms with E-state index < -0.39 is 0 Å². The summed E-state index contributed by atoms with van der Waals surface area (Å²) >= 11 is 0. The Bertz CT molecular complexity index is 1590. The van der Waals surface area contributed by atoms with Gasteiger partial charge in [-0.25, -0.2) is 4.98 Å². The minimum absolute atomic E-state index is 0.360. The normalized spacial score (nSPS) is 10.4. The van der Waals surface area contributed by atoms with Crippen molar-refractivity contribution in [2.24, 2.45) is 0 Å². The maximum atomic E-state index is 9.85. The van der Waals surface area contributed by atoms with Crippen LogP contribution in [0.2, 0.25) is 0 Å². The molecule has 39 heavy (non-hydrogen) atoms. The Kier molecular flexibility index (Phi) is 8.35. The summed E-state index contributed by atoms with van der Waals surface area (Å²) in [5, 5.41) is 13.9. The van der Waals surface area contributed by atoms with E-state index in [-0.39, 0.29) is 0 Å². The van der Waals surface area contributed by atoms with Gasteiger partial charge < -0.3 is 29.2 Å². The van der Waals surface area contributed by atoms with Crippen molar-refractivity contribution in [3.05, 3.63) is 71.2 Å². The fourth-order valence-corrected chi connectivity index (χ4v) is 4.10. The molecule has 2 heterocycles. The molecule has 198 valence electrons. The molecule has 0 amide bonds. The second-order valence-corrected chi connectivity index (χ2v) is 8.77. The molecule has 0 atom stereocenters. The monoisotopic (exact) mass is 523 g/mol. The van der Waals surface area contributed by atoms with Crippen molar-refractivity contribution in [3.8, 4) is 40.9 Å². The van der Waals surface area contributed by atoms with E-state index in [1.54, 1.807) is 40.6 Å². The molecule has 0 aliphatic carbocycles. The molecule has 0 fully saturated rings. The number of hydrogen-bond donors (Lipinski definition) is 1. The van der Waals surface area contributed by atoms with E-state index in [2.05, 4.69) is 38.1 Å². The molecule has 9 nitrogen and oxygen atoms in total. The highest BCUT2D eigenvalue weighted by atomic mass is 16.5. The zero-order valence-corrected chi connectivity index (χ0v) is 22.7. The van der Waals surface area contributed by atoms with Crippen LogP contribution in [0.1, 0.15) is 22.5 Å². The van der Waals surface area contributed by atoms with Crippen LogP contribution in [0.3, 0.4) is 0 Å². The third kappa shape index (κ3) is 5.96. The summed E-state index contributed by atoms with van der Waals surface area (Å²) in [7, 11) is 10.2. The lowest BCUT2D eigenvalue weighted by molar-refractivity contribution is 0.324. The van der Waals surface area contributed by atoms with Gasteiger partial charge in [0.2, 0.25) is 5.75 Å². The molecule has 4 aromatic rings. The first-order chi connectivity index (χ1) is 18.9. The second kappa shape index (κ2) is 12.0. The maximum Gasteiger partial charge on any atom is 0.203 e. The minimum atomic E-state index is 0.360. The molecular weight excluding hydrogens is 494 g/mol. The number of fused-ring (bicyclic) bond motifs is 1. The van der Waals surface area contributed by atoms with Gasteiger partial charge in [-0.2, -0.15) is 5.26 Å². The number of rotatable bonds is 8. The summed E-state index contributed by atoms with van der Waals surface area (Å²) in [6.45, 7) is 0.724. The van der Waals surface area contributed by atoms with Crippen LogP contribution >= 0.6 is 0 Å². The zero-order chi connectivity index (χ0) is 27.9. The van der Waals surface area contributed by atoms with Crippen molar-refractivity contribution < 1.29 is 18.9 Å². The highest BCUT2D eigenvalue weighted by Gasteiger charge is 2.17. The lowest BCUT2D eigenvalue weighted by Gasteiger charge is -2.17. The fraction of sp³-hybridized carbons (Fsp3) is 0.233. The molecule has 9 heteroatoms. The average Bonchev–Trinajstić information content (AvgIpc) is 2.94. The van der Waals surface area contributed by atoms with Gasteiger partial charge in [0, 0.05) is 35.9 Å². The van der Waals surface area contributed by atoms with E-state index >= 15 is 0 Å². The van der Waals surface area contributed by atoms with Crippen molar-refractivity contribution in [1.29, 1.82) is 5.26 Å². The van der Waals surface area contributed by atoms with Gasteiger partial charge in [0.1, 0.15) is 17.5 Å². The van der Waals surface area contributed by atoms with E-state index in [0.29, 0.717) is 62.1 Å². The number of methoxy groups -OCH3 is 4. The molecule has 0 saturated carbocycles. The van der Waals surface area contributed by atoms with Gasteiger partial charge in [0.05, 0.1) is 56.5 Å². The second-order valence-electron chi connectivity index (χ2n) is 8.77. The highest BCUT2D eigenvalue weighted by Crippen LogP contribution is 2.42. The Labute approximate surface area is 227 Å². The van der Waals surface area contributed by atoms with Crippen LogP contribution in [0.4, 0.5) is 11.4 Å². The summed E-state index contributed by atoms with van der Waals surface area (Å²) in [6.07, 6.45) is 1.53. The topological polar surface area (TPSA) is 102 Å².